The third-order valence-electron chi connectivity index (χ3n) is 4.59. The lowest BCUT2D eigenvalue weighted by atomic mass is 10.1. The van der Waals surface area contributed by atoms with Gasteiger partial charge in [-0.1, -0.05) is 18.2 Å². The van der Waals surface area contributed by atoms with E-state index in [1.54, 1.807) is 0 Å². The van der Waals surface area contributed by atoms with E-state index >= 15 is 0 Å². The number of hydrogen-bond acceptors (Lipinski definition) is 5. The number of oxazole rings is 1. The molecule has 128 valence electrons. The highest BCUT2D eigenvalue weighted by molar-refractivity contribution is 5.95. The van der Waals surface area contributed by atoms with E-state index < -0.39 is 0 Å². The minimum atomic E-state index is 0.0904. The Balaban J connectivity index is 1.47. The Hall–Kier alpha value is -2.89. The monoisotopic (exact) mass is 336 g/mol. The molecule has 2 aromatic heterocycles. The average Bonchev–Trinajstić information content (AvgIpc) is 3.05. The summed E-state index contributed by atoms with van der Waals surface area (Å²) in [5.74, 6) is 0.0904. The topological polar surface area (TPSA) is 62.5 Å². The SMILES string of the molecule is Cc1ccc2oc(N3CCN(C(=O)c4ccccc4C)CC3)nc2n1. The number of carbonyl (C=O) groups excluding carboxylic acids is 1. The molecule has 0 N–H and O–H groups in total. The third kappa shape index (κ3) is 2.95. The molecule has 0 unspecified atom stereocenters. The first-order chi connectivity index (χ1) is 12.1. The number of nitrogens with zero attached hydrogens (tertiary/aromatic N) is 4. The van der Waals surface area contributed by atoms with Crippen molar-refractivity contribution in [3.05, 3.63) is 53.2 Å². The second-order valence-corrected chi connectivity index (χ2v) is 6.36. The van der Waals surface area contributed by atoms with Crippen molar-refractivity contribution in [1.82, 2.24) is 14.9 Å². The van der Waals surface area contributed by atoms with E-state index in [9.17, 15) is 4.79 Å². The Labute approximate surface area is 146 Å². The van der Waals surface area contributed by atoms with Crippen molar-refractivity contribution in [1.29, 1.82) is 0 Å². The molecular formula is C19H20N4O2. The maximum Gasteiger partial charge on any atom is 0.300 e. The van der Waals surface area contributed by atoms with Gasteiger partial charge in [0, 0.05) is 37.4 Å². The van der Waals surface area contributed by atoms with Crippen molar-refractivity contribution < 1.29 is 9.21 Å². The van der Waals surface area contributed by atoms with Gasteiger partial charge >= 0.3 is 0 Å². The Kier molecular flexibility index (Phi) is 3.87. The zero-order valence-electron chi connectivity index (χ0n) is 14.4. The van der Waals surface area contributed by atoms with E-state index in [-0.39, 0.29) is 5.91 Å². The fraction of sp³-hybridized carbons (Fsp3) is 0.316. The molecule has 3 aromatic rings. The van der Waals surface area contributed by atoms with Gasteiger partial charge in [-0.05, 0) is 37.6 Å². The van der Waals surface area contributed by atoms with Gasteiger partial charge in [0.05, 0.1) is 0 Å². The Bertz CT molecular complexity index is 926. The lowest BCUT2D eigenvalue weighted by Crippen LogP contribution is -2.49. The average molecular weight is 336 g/mol. The number of hydrogen-bond donors (Lipinski definition) is 0. The van der Waals surface area contributed by atoms with Gasteiger partial charge in [0.25, 0.3) is 11.9 Å². The molecule has 25 heavy (non-hydrogen) atoms. The molecule has 1 aromatic carbocycles. The van der Waals surface area contributed by atoms with Crippen LogP contribution in [0.5, 0.6) is 0 Å². The molecule has 3 heterocycles. The molecule has 0 bridgehead atoms. The van der Waals surface area contributed by atoms with Crippen molar-refractivity contribution >= 4 is 23.2 Å². The first-order valence-electron chi connectivity index (χ1n) is 8.46. The molecule has 0 atom stereocenters. The van der Waals surface area contributed by atoms with Crippen LogP contribution in [0.3, 0.4) is 0 Å². The predicted octanol–water partition coefficient (Wildman–Crippen LogP) is 2.80. The second kappa shape index (κ2) is 6.20. The van der Waals surface area contributed by atoms with Gasteiger partial charge in [-0.25, -0.2) is 4.98 Å². The van der Waals surface area contributed by atoms with Crippen LogP contribution in [0.25, 0.3) is 11.2 Å². The standard InChI is InChI=1S/C19H20N4O2/c1-13-5-3-4-6-15(13)18(24)22-9-11-23(12-10-22)19-21-17-16(25-19)8-7-14(2)20-17/h3-8H,9-12H2,1-2H3. The van der Waals surface area contributed by atoms with E-state index in [1.807, 2.05) is 55.1 Å². The second-order valence-electron chi connectivity index (χ2n) is 6.36. The number of rotatable bonds is 2. The van der Waals surface area contributed by atoms with Crippen LogP contribution >= 0.6 is 0 Å². The fourth-order valence-corrected chi connectivity index (χ4v) is 3.12. The number of pyridine rings is 1. The molecule has 1 aliphatic rings. The van der Waals surface area contributed by atoms with E-state index in [0.29, 0.717) is 43.4 Å². The number of aryl methyl sites for hydroxylation is 2. The zero-order chi connectivity index (χ0) is 17.4. The fourth-order valence-electron chi connectivity index (χ4n) is 3.12. The van der Waals surface area contributed by atoms with E-state index in [2.05, 4.69) is 14.9 Å². The van der Waals surface area contributed by atoms with E-state index in [4.69, 9.17) is 4.42 Å². The molecule has 0 saturated carbocycles. The normalized spacial score (nSPS) is 15.0. The van der Waals surface area contributed by atoms with Crippen LogP contribution < -0.4 is 4.90 Å². The molecule has 1 fully saturated rings. The summed E-state index contributed by atoms with van der Waals surface area (Å²) in [6, 6.07) is 12.1. The molecule has 6 nitrogen and oxygen atoms in total. The van der Waals surface area contributed by atoms with Crippen LogP contribution in [0.4, 0.5) is 6.01 Å². The number of aromatic nitrogens is 2. The number of fused-ring (bicyclic) bond motifs is 1. The zero-order valence-corrected chi connectivity index (χ0v) is 14.4. The summed E-state index contributed by atoms with van der Waals surface area (Å²) >= 11 is 0. The molecule has 0 radical (unpaired) electrons. The smallest absolute Gasteiger partial charge is 0.300 e. The molecular weight excluding hydrogens is 316 g/mol. The third-order valence-corrected chi connectivity index (χ3v) is 4.59. The van der Waals surface area contributed by atoms with Gasteiger partial charge in [0.15, 0.2) is 5.58 Å². The summed E-state index contributed by atoms with van der Waals surface area (Å²) in [5.41, 5.74) is 4.03. The van der Waals surface area contributed by atoms with Gasteiger partial charge in [-0.15, -0.1) is 0 Å². The summed E-state index contributed by atoms with van der Waals surface area (Å²) in [7, 11) is 0. The van der Waals surface area contributed by atoms with Crippen LogP contribution in [0.2, 0.25) is 0 Å². The molecule has 0 spiro atoms. The van der Waals surface area contributed by atoms with Gasteiger partial charge < -0.3 is 14.2 Å². The minimum Gasteiger partial charge on any atom is -0.422 e. The van der Waals surface area contributed by atoms with Crippen molar-refractivity contribution in [3.63, 3.8) is 0 Å². The number of piperazine rings is 1. The predicted molar refractivity (Wildman–Crippen MR) is 95.8 cm³/mol. The van der Waals surface area contributed by atoms with Crippen LogP contribution in [0.1, 0.15) is 21.6 Å². The number of benzene rings is 1. The first kappa shape index (κ1) is 15.6. The Morgan fingerprint density at radius 2 is 1.76 bits per heavy atom. The maximum absolute atomic E-state index is 12.7. The van der Waals surface area contributed by atoms with Crippen LogP contribution in [-0.4, -0.2) is 47.0 Å². The molecule has 1 saturated heterocycles. The number of carbonyl (C=O) groups is 1. The van der Waals surface area contributed by atoms with Gasteiger partial charge in [0.1, 0.15) is 0 Å². The van der Waals surface area contributed by atoms with Crippen LogP contribution in [0, 0.1) is 13.8 Å². The summed E-state index contributed by atoms with van der Waals surface area (Å²) in [4.78, 5) is 25.5. The maximum atomic E-state index is 12.7. The largest absolute Gasteiger partial charge is 0.422 e. The number of amides is 1. The van der Waals surface area contributed by atoms with Crippen molar-refractivity contribution in [3.8, 4) is 0 Å². The highest BCUT2D eigenvalue weighted by atomic mass is 16.4. The van der Waals surface area contributed by atoms with E-state index in [1.165, 1.54) is 0 Å². The van der Waals surface area contributed by atoms with Gasteiger partial charge in [-0.3, -0.25) is 4.79 Å². The van der Waals surface area contributed by atoms with Crippen LogP contribution in [0.15, 0.2) is 40.8 Å². The van der Waals surface area contributed by atoms with Crippen molar-refractivity contribution in [2.75, 3.05) is 31.1 Å². The molecule has 1 aliphatic heterocycles. The molecule has 0 aliphatic carbocycles. The minimum absolute atomic E-state index is 0.0904. The quantitative estimate of drug-likeness (QED) is 0.720. The highest BCUT2D eigenvalue weighted by Gasteiger charge is 2.25. The summed E-state index contributed by atoms with van der Waals surface area (Å²) in [5, 5.41) is 0. The van der Waals surface area contributed by atoms with Gasteiger partial charge in [0.2, 0.25) is 5.65 Å². The molecule has 6 heteroatoms. The molecule has 4 rings (SSSR count). The van der Waals surface area contributed by atoms with Gasteiger partial charge in [-0.2, -0.15) is 4.98 Å². The van der Waals surface area contributed by atoms with E-state index in [0.717, 1.165) is 16.8 Å². The number of anilines is 1. The van der Waals surface area contributed by atoms with Crippen LogP contribution in [-0.2, 0) is 0 Å². The first-order valence-corrected chi connectivity index (χ1v) is 8.46. The highest BCUT2D eigenvalue weighted by Crippen LogP contribution is 2.22. The van der Waals surface area contributed by atoms with Crippen molar-refractivity contribution in [2.24, 2.45) is 0 Å². The Morgan fingerprint density at radius 1 is 1.00 bits per heavy atom. The summed E-state index contributed by atoms with van der Waals surface area (Å²) in [6.45, 7) is 6.60. The van der Waals surface area contributed by atoms with Crippen molar-refractivity contribution in [2.45, 2.75) is 13.8 Å². The Morgan fingerprint density at radius 3 is 2.52 bits per heavy atom. The lowest BCUT2D eigenvalue weighted by molar-refractivity contribution is 0.0744. The summed E-state index contributed by atoms with van der Waals surface area (Å²) < 4.78 is 5.81. The molecule has 1 amide bonds. The lowest BCUT2D eigenvalue weighted by Gasteiger charge is -2.34. The summed E-state index contributed by atoms with van der Waals surface area (Å²) in [6.07, 6.45) is 0.